The number of rotatable bonds is 4. The molecule has 35 heavy (non-hydrogen) atoms. The van der Waals surface area contributed by atoms with Gasteiger partial charge in [0.25, 0.3) is 0 Å². The highest BCUT2D eigenvalue weighted by Gasteiger charge is 2.28. The number of imidazole rings is 1. The van der Waals surface area contributed by atoms with E-state index in [0.29, 0.717) is 18.5 Å². The SMILES string of the molecule is C.COc1cc(/C=C2\CCCN3CCC(c4cc(F)cc(F)c4)ON=C23)ccc1-n1cnc(C)c1. The molecular weight excluding hydrogens is 450 g/mol. The largest absolute Gasteiger partial charge is 0.495 e. The summed E-state index contributed by atoms with van der Waals surface area (Å²) in [6.45, 7) is 3.51. The summed E-state index contributed by atoms with van der Waals surface area (Å²) in [5.41, 5.74) is 4.36. The van der Waals surface area contributed by atoms with Crippen LogP contribution in [0.1, 0.15) is 49.6 Å². The van der Waals surface area contributed by atoms with Crippen molar-refractivity contribution in [2.45, 2.75) is 39.7 Å². The van der Waals surface area contributed by atoms with Gasteiger partial charge in [-0.25, -0.2) is 13.8 Å². The number of methoxy groups -OCH3 is 1. The van der Waals surface area contributed by atoms with Crippen molar-refractivity contribution in [1.29, 1.82) is 0 Å². The highest BCUT2D eigenvalue weighted by atomic mass is 19.1. The Morgan fingerprint density at radius 3 is 2.63 bits per heavy atom. The van der Waals surface area contributed by atoms with Crippen LogP contribution in [0.4, 0.5) is 8.78 Å². The Labute approximate surface area is 204 Å². The first kappa shape index (κ1) is 24.4. The zero-order valence-corrected chi connectivity index (χ0v) is 19.2. The molecule has 5 rings (SSSR count). The summed E-state index contributed by atoms with van der Waals surface area (Å²) in [4.78, 5) is 12.3. The number of benzene rings is 2. The highest BCUT2D eigenvalue weighted by molar-refractivity contribution is 6.02. The van der Waals surface area contributed by atoms with Crippen LogP contribution in [0.5, 0.6) is 5.75 Å². The second kappa shape index (κ2) is 10.3. The average Bonchev–Trinajstić information content (AvgIpc) is 3.12. The van der Waals surface area contributed by atoms with Gasteiger partial charge in [-0.05, 0) is 61.2 Å². The Hall–Kier alpha value is -3.68. The summed E-state index contributed by atoms with van der Waals surface area (Å²) in [5, 5.41) is 4.44. The van der Waals surface area contributed by atoms with Gasteiger partial charge in [0.15, 0.2) is 11.9 Å². The molecule has 3 aromatic rings. The fraction of sp³-hybridized carbons (Fsp3) is 0.333. The number of aryl methyl sites for hydroxylation is 1. The summed E-state index contributed by atoms with van der Waals surface area (Å²) in [7, 11) is 1.65. The number of ether oxygens (including phenoxy) is 1. The minimum absolute atomic E-state index is 0. The zero-order valence-electron chi connectivity index (χ0n) is 19.2. The highest BCUT2D eigenvalue weighted by Crippen LogP contribution is 2.31. The molecule has 1 unspecified atom stereocenters. The monoisotopic (exact) mass is 480 g/mol. The lowest BCUT2D eigenvalue weighted by Gasteiger charge is -2.29. The molecule has 0 bridgehead atoms. The van der Waals surface area contributed by atoms with Crippen molar-refractivity contribution in [2.75, 3.05) is 20.2 Å². The molecule has 2 aliphatic heterocycles. The lowest BCUT2D eigenvalue weighted by atomic mass is 9.99. The zero-order chi connectivity index (χ0) is 23.7. The molecular formula is C27H30F2N4O2. The van der Waals surface area contributed by atoms with E-state index >= 15 is 0 Å². The molecule has 3 heterocycles. The Kier molecular flexibility index (Phi) is 7.19. The van der Waals surface area contributed by atoms with Gasteiger partial charge >= 0.3 is 0 Å². The van der Waals surface area contributed by atoms with E-state index in [0.717, 1.165) is 59.6 Å². The number of aromatic nitrogens is 2. The van der Waals surface area contributed by atoms with E-state index in [9.17, 15) is 8.78 Å². The number of amidine groups is 1. The summed E-state index contributed by atoms with van der Waals surface area (Å²) < 4.78 is 35.0. The number of halogens is 2. The van der Waals surface area contributed by atoms with Crippen LogP contribution in [0.25, 0.3) is 11.8 Å². The van der Waals surface area contributed by atoms with Gasteiger partial charge in [0, 0.05) is 37.3 Å². The van der Waals surface area contributed by atoms with Crippen molar-refractivity contribution in [3.8, 4) is 11.4 Å². The van der Waals surface area contributed by atoms with E-state index in [2.05, 4.69) is 21.1 Å². The van der Waals surface area contributed by atoms with Crippen molar-refractivity contribution in [3.05, 3.63) is 83.0 Å². The molecule has 1 atom stereocenters. The maximum absolute atomic E-state index is 13.7. The van der Waals surface area contributed by atoms with Crippen molar-refractivity contribution in [3.63, 3.8) is 0 Å². The Morgan fingerprint density at radius 1 is 1.11 bits per heavy atom. The van der Waals surface area contributed by atoms with Crippen LogP contribution < -0.4 is 4.74 Å². The number of piperidine rings is 1. The third kappa shape index (κ3) is 5.21. The van der Waals surface area contributed by atoms with Crippen molar-refractivity contribution < 1.29 is 18.4 Å². The molecule has 0 spiro atoms. The minimum atomic E-state index is -0.614. The molecule has 1 fully saturated rings. The standard InChI is InChI=1S/C26H26F2N4O2.CH4/c1-17-15-32(16-29-17)23-6-5-18(11-25(23)33-2)10-19-4-3-8-31-9-7-24(34-30-26(19)31)20-12-21(27)14-22(28)13-20;/h5-6,10-16,24H,3-4,7-9H2,1-2H3;1H4/b19-10+;. The van der Waals surface area contributed by atoms with E-state index in [-0.39, 0.29) is 7.43 Å². The van der Waals surface area contributed by atoms with Gasteiger partial charge in [0.05, 0.1) is 24.8 Å². The fourth-order valence-electron chi connectivity index (χ4n) is 4.53. The van der Waals surface area contributed by atoms with Gasteiger partial charge < -0.3 is 19.0 Å². The molecule has 6 nitrogen and oxygen atoms in total. The van der Waals surface area contributed by atoms with Gasteiger partial charge in [-0.15, -0.1) is 0 Å². The summed E-state index contributed by atoms with van der Waals surface area (Å²) in [6.07, 6.45) is 7.77. The van der Waals surface area contributed by atoms with E-state index in [1.54, 1.807) is 13.4 Å². The molecule has 2 aromatic carbocycles. The predicted octanol–water partition coefficient (Wildman–Crippen LogP) is 6.06. The smallest absolute Gasteiger partial charge is 0.171 e. The maximum Gasteiger partial charge on any atom is 0.171 e. The van der Waals surface area contributed by atoms with Crippen molar-refractivity contribution in [2.24, 2.45) is 5.16 Å². The number of oxime groups is 1. The third-order valence-corrected chi connectivity index (χ3v) is 6.18. The van der Waals surface area contributed by atoms with Gasteiger partial charge in [-0.3, -0.25) is 0 Å². The fourth-order valence-corrected chi connectivity index (χ4v) is 4.53. The average molecular weight is 481 g/mol. The first-order chi connectivity index (χ1) is 16.5. The van der Waals surface area contributed by atoms with Crippen molar-refractivity contribution >= 4 is 11.9 Å². The molecule has 1 aromatic heterocycles. The first-order valence-corrected chi connectivity index (χ1v) is 11.3. The quantitative estimate of drug-likeness (QED) is 0.456. The van der Waals surface area contributed by atoms with Crippen LogP contribution in [-0.4, -0.2) is 40.5 Å². The molecule has 1 saturated heterocycles. The predicted molar refractivity (Wildman–Crippen MR) is 133 cm³/mol. The van der Waals surface area contributed by atoms with Crippen molar-refractivity contribution in [1.82, 2.24) is 14.5 Å². The topological polar surface area (TPSA) is 51.9 Å². The maximum atomic E-state index is 13.7. The minimum Gasteiger partial charge on any atom is -0.495 e. The molecule has 0 radical (unpaired) electrons. The third-order valence-electron chi connectivity index (χ3n) is 6.18. The van der Waals surface area contributed by atoms with E-state index in [1.165, 1.54) is 12.1 Å². The molecule has 0 aliphatic carbocycles. The van der Waals surface area contributed by atoms with E-state index in [1.807, 2.05) is 35.9 Å². The number of nitrogens with zero attached hydrogens (tertiary/aromatic N) is 4. The van der Waals surface area contributed by atoms with Gasteiger partial charge in [-0.1, -0.05) is 18.6 Å². The molecule has 184 valence electrons. The van der Waals surface area contributed by atoms with Gasteiger partial charge in [-0.2, -0.15) is 0 Å². The van der Waals surface area contributed by atoms with Gasteiger partial charge in [0.1, 0.15) is 17.4 Å². The number of fused-ring (bicyclic) bond motifs is 1. The summed E-state index contributed by atoms with van der Waals surface area (Å²) >= 11 is 0. The van der Waals surface area contributed by atoms with Crippen LogP contribution in [-0.2, 0) is 4.84 Å². The number of hydrogen-bond acceptors (Lipinski definition) is 5. The van der Waals surface area contributed by atoms with Crippen LogP contribution in [0.3, 0.4) is 0 Å². The number of hydrogen-bond donors (Lipinski definition) is 0. The van der Waals surface area contributed by atoms with E-state index in [4.69, 9.17) is 9.57 Å². The Morgan fingerprint density at radius 2 is 1.91 bits per heavy atom. The first-order valence-electron chi connectivity index (χ1n) is 11.3. The normalized spacial score (nSPS) is 18.7. The van der Waals surface area contributed by atoms with Crippen LogP contribution in [0.15, 0.2) is 59.7 Å². The lowest BCUT2D eigenvalue weighted by Crippen LogP contribution is -2.37. The molecule has 0 N–H and O–H groups in total. The lowest BCUT2D eigenvalue weighted by molar-refractivity contribution is 0.0572. The molecule has 2 aliphatic rings. The van der Waals surface area contributed by atoms with Crippen LogP contribution >= 0.6 is 0 Å². The second-order valence-electron chi connectivity index (χ2n) is 8.61. The molecule has 0 saturated carbocycles. The van der Waals surface area contributed by atoms with Crippen LogP contribution in [0.2, 0.25) is 0 Å². The Bertz CT molecular complexity index is 1250. The Balaban J connectivity index is 0.00000289. The molecule has 0 amide bonds. The van der Waals surface area contributed by atoms with Crippen LogP contribution in [0, 0.1) is 18.6 Å². The van der Waals surface area contributed by atoms with E-state index < -0.39 is 17.7 Å². The van der Waals surface area contributed by atoms with Gasteiger partial charge in [0.2, 0.25) is 0 Å². The summed E-state index contributed by atoms with van der Waals surface area (Å²) in [5.74, 6) is 0.291. The second-order valence-corrected chi connectivity index (χ2v) is 8.61. The summed E-state index contributed by atoms with van der Waals surface area (Å²) in [6, 6.07) is 9.52. The molecule has 8 heteroatoms.